The fourth-order valence-electron chi connectivity index (χ4n) is 3.27. The molecule has 3 N–H and O–H groups in total. The zero-order valence-electron chi connectivity index (χ0n) is 15.4. The van der Waals surface area contributed by atoms with Crippen LogP contribution >= 0.6 is 0 Å². The molecule has 0 atom stereocenters. The van der Waals surface area contributed by atoms with Crippen LogP contribution < -0.4 is 11.1 Å². The van der Waals surface area contributed by atoms with Gasteiger partial charge in [0, 0.05) is 37.4 Å². The monoisotopic (exact) mass is 352 g/mol. The molecule has 26 heavy (non-hydrogen) atoms. The molecule has 0 bridgehead atoms. The van der Waals surface area contributed by atoms with Crippen molar-refractivity contribution in [3.63, 3.8) is 0 Å². The predicted molar refractivity (Wildman–Crippen MR) is 106 cm³/mol. The minimum Gasteiger partial charge on any atom is -0.381 e. The molecule has 5 heteroatoms. The summed E-state index contributed by atoms with van der Waals surface area (Å²) in [5.41, 5.74) is 9.32. The Morgan fingerprint density at radius 1 is 1.04 bits per heavy atom. The zero-order valence-corrected chi connectivity index (χ0v) is 15.4. The van der Waals surface area contributed by atoms with Crippen LogP contribution in [-0.2, 0) is 13.1 Å². The van der Waals surface area contributed by atoms with Crippen LogP contribution in [-0.4, -0.2) is 48.9 Å². The summed E-state index contributed by atoms with van der Waals surface area (Å²) < 4.78 is 0. The molecular formula is C21H28N4O. The molecule has 1 aliphatic heterocycles. The molecule has 0 spiro atoms. The number of nitrogens with zero attached hydrogens (tertiary/aromatic N) is 2. The highest BCUT2D eigenvalue weighted by molar-refractivity contribution is 5.93. The molecule has 1 aliphatic rings. The van der Waals surface area contributed by atoms with Gasteiger partial charge in [-0.05, 0) is 55.9 Å². The van der Waals surface area contributed by atoms with Crippen LogP contribution in [0.4, 0.5) is 5.69 Å². The van der Waals surface area contributed by atoms with E-state index in [2.05, 4.69) is 46.4 Å². The molecule has 0 unspecified atom stereocenters. The van der Waals surface area contributed by atoms with Gasteiger partial charge in [-0.1, -0.05) is 30.3 Å². The quantitative estimate of drug-likeness (QED) is 0.839. The third kappa shape index (κ3) is 5.31. The summed E-state index contributed by atoms with van der Waals surface area (Å²) in [7, 11) is 2.20. The molecule has 0 aliphatic carbocycles. The number of benzene rings is 2. The number of amides is 1. The zero-order chi connectivity index (χ0) is 18.4. The summed E-state index contributed by atoms with van der Waals surface area (Å²) in [6.07, 6.45) is 1.24. The van der Waals surface area contributed by atoms with Crippen molar-refractivity contribution in [3.05, 3.63) is 65.2 Å². The van der Waals surface area contributed by atoms with Crippen LogP contribution in [0.15, 0.2) is 48.5 Å². The van der Waals surface area contributed by atoms with Gasteiger partial charge in [-0.3, -0.25) is 9.69 Å². The first-order chi connectivity index (χ1) is 12.6. The van der Waals surface area contributed by atoms with E-state index in [4.69, 9.17) is 5.73 Å². The van der Waals surface area contributed by atoms with E-state index in [0.29, 0.717) is 5.56 Å². The lowest BCUT2D eigenvalue weighted by Crippen LogP contribution is -2.28. The van der Waals surface area contributed by atoms with Crippen LogP contribution in [0.1, 0.15) is 27.9 Å². The molecule has 1 amide bonds. The highest BCUT2D eigenvalue weighted by Crippen LogP contribution is 2.14. The molecule has 138 valence electrons. The lowest BCUT2D eigenvalue weighted by molar-refractivity contribution is 0.100. The van der Waals surface area contributed by atoms with E-state index in [0.717, 1.165) is 31.9 Å². The molecule has 1 saturated heterocycles. The lowest BCUT2D eigenvalue weighted by Gasteiger charge is -2.20. The summed E-state index contributed by atoms with van der Waals surface area (Å²) in [4.78, 5) is 16.2. The van der Waals surface area contributed by atoms with Gasteiger partial charge in [0.25, 0.3) is 0 Å². The lowest BCUT2D eigenvalue weighted by atomic mass is 10.1. The van der Waals surface area contributed by atoms with Gasteiger partial charge in [-0.25, -0.2) is 0 Å². The first kappa shape index (κ1) is 18.4. The molecule has 2 aromatic carbocycles. The second kappa shape index (κ2) is 8.83. The van der Waals surface area contributed by atoms with Crippen LogP contribution in [0.25, 0.3) is 0 Å². The van der Waals surface area contributed by atoms with Gasteiger partial charge in [0.2, 0.25) is 5.91 Å². The minimum atomic E-state index is -0.405. The Bertz CT molecular complexity index is 729. The number of carbonyl (C=O) groups is 1. The van der Waals surface area contributed by atoms with Crippen molar-refractivity contribution < 1.29 is 4.79 Å². The molecule has 0 radical (unpaired) electrons. The Morgan fingerprint density at radius 2 is 1.81 bits per heavy atom. The third-order valence-corrected chi connectivity index (χ3v) is 4.89. The van der Waals surface area contributed by atoms with Gasteiger partial charge >= 0.3 is 0 Å². The fourth-order valence-corrected chi connectivity index (χ4v) is 3.27. The number of nitrogens with one attached hydrogen (secondary N) is 1. The Labute approximate surface area is 155 Å². The molecule has 5 nitrogen and oxygen atoms in total. The fraction of sp³-hybridized carbons (Fsp3) is 0.381. The van der Waals surface area contributed by atoms with E-state index < -0.39 is 5.91 Å². The van der Waals surface area contributed by atoms with E-state index in [1.54, 1.807) is 12.1 Å². The largest absolute Gasteiger partial charge is 0.381 e. The number of carbonyl (C=O) groups excluding carboxylic acids is 1. The molecule has 3 rings (SSSR count). The summed E-state index contributed by atoms with van der Waals surface area (Å²) >= 11 is 0. The van der Waals surface area contributed by atoms with E-state index in [1.165, 1.54) is 30.6 Å². The first-order valence-corrected chi connectivity index (χ1v) is 9.22. The molecule has 1 heterocycles. The van der Waals surface area contributed by atoms with Crippen molar-refractivity contribution in [3.8, 4) is 0 Å². The van der Waals surface area contributed by atoms with Crippen molar-refractivity contribution in [1.82, 2.24) is 9.80 Å². The van der Waals surface area contributed by atoms with Gasteiger partial charge in [0.05, 0.1) is 0 Å². The van der Waals surface area contributed by atoms with Crippen molar-refractivity contribution in [2.45, 2.75) is 19.5 Å². The van der Waals surface area contributed by atoms with Gasteiger partial charge < -0.3 is 16.0 Å². The summed E-state index contributed by atoms with van der Waals surface area (Å²) in [6, 6.07) is 16.1. The van der Waals surface area contributed by atoms with E-state index in [1.807, 2.05) is 12.1 Å². The second-order valence-corrected chi connectivity index (χ2v) is 7.05. The Hall–Kier alpha value is -2.37. The maximum Gasteiger partial charge on any atom is 0.248 e. The van der Waals surface area contributed by atoms with E-state index in [-0.39, 0.29) is 0 Å². The predicted octanol–water partition coefficient (Wildman–Crippen LogP) is 2.54. The normalized spacial score (nSPS) is 16.2. The number of primary amides is 1. The Morgan fingerprint density at radius 3 is 2.58 bits per heavy atom. The summed E-state index contributed by atoms with van der Waals surface area (Å²) in [6.45, 7) is 6.38. The van der Waals surface area contributed by atoms with E-state index >= 15 is 0 Å². The number of hydrogen-bond donors (Lipinski definition) is 2. The standard InChI is InChI=1S/C21H28N4O/c1-24-10-3-11-25(13-12-24)16-18-8-6-17(7-9-18)15-23-20-5-2-4-19(14-20)21(22)26/h2,4-9,14,23H,3,10-13,15-16H2,1H3,(H2,22,26). The number of rotatable bonds is 6. The van der Waals surface area contributed by atoms with Crippen LogP contribution in [0.5, 0.6) is 0 Å². The van der Waals surface area contributed by atoms with Crippen LogP contribution in [0, 0.1) is 0 Å². The molecular weight excluding hydrogens is 324 g/mol. The van der Waals surface area contributed by atoms with Crippen molar-refractivity contribution in [1.29, 1.82) is 0 Å². The summed E-state index contributed by atoms with van der Waals surface area (Å²) in [5, 5.41) is 3.35. The van der Waals surface area contributed by atoms with Crippen molar-refractivity contribution in [2.24, 2.45) is 5.73 Å². The number of anilines is 1. The van der Waals surface area contributed by atoms with Crippen molar-refractivity contribution >= 4 is 11.6 Å². The van der Waals surface area contributed by atoms with Gasteiger partial charge in [0.15, 0.2) is 0 Å². The smallest absolute Gasteiger partial charge is 0.248 e. The average Bonchev–Trinajstić information content (AvgIpc) is 2.85. The average molecular weight is 352 g/mol. The van der Waals surface area contributed by atoms with E-state index in [9.17, 15) is 4.79 Å². The molecule has 0 saturated carbocycles. The number of hydrogen-bond acceptors (Lipinski definition) is 4. The molecule has 2 aromatic rings. The van der Waals surface area contributed by atoms with Gasteiger partial charge in [0.1, 0.15) is 0 Å². The van der Waals surface area contributed by atoms with Gasteiger partial charge in [-0.2, -0.15) is 0 Å². The Balaban J connectivity index is 1.53. The second-order valence-electron chi connectivity index (χ2n) is 7.05. The summed E-state index contributed by atoms with van der Waals surface area (Å²) in [5.74, 6) is -0.405. The molecule has 0 aromatic heterocycles. The third-order valence-electron chi connectivity index (χ3n) is 4.89. The first-order valence-electron chi connectivity index (χ1n) is 9.22. The van der Waals surface area contributed by atoms with Crippen LogP contribution in [0.3, 0.4) is 0 Å². The van der Waals surface area contributed by atoms with Crippen LogP contribution in [0.2, 0.25) is 0 Å². The Kier molecular flexibility index (Phi) is 6.26. The minimum absolute atomic E-state index is 0.405. The highest BCUT2D eigenvalue weighted by atomic mass is 16.1. The topological polar surface area (TPSA) is 61.6 Å². The van der Waals surface area contributed by atoms with Crippen molar-refractivity contribution in [2.75, 3.05) is 38.5 Å². The molecule has 1 fully saturated rings. The van der Waals surface area contributed by atoms with Gasteiger partial charge in [-0.15, -0.1) is 0 Å². The maximum atomic E-state index is 11.3. The SMILES string of the molecule is CN1CCCN(Cc2ccc(CNc3cccc(C(N)=O)c3)cc2)CC1. The number of likely N-dealkylation sites (N-methyl/N-ethyl adjacent to an activating group) is 1. The highest BCUT2D eigenvalue weighted by Gasteiger charge is 2.12. The number of nitrogens with two attached hydrogens (primary N) is 1. The maximum absolute atomic E-state index is 11.3.